The minimum atomic E-state index is -6.22. The van der Waals surface area contributed by atoms with Gasteiger partial charge in [-0.2, -0.15) is 30.4 Å². The summed E-state index contributed by atoms with van der Waals surface area (Å²) in [7, 11) is -6.22. The van der Waals surface area contributed by atoms with Crippen molar-refractivity contribution in [2.75, 3.05) is 13.2 Å². The third-order valence-electron chi connectivity index (χ3n) is 5.45. The molecular formula is C26H34F5NO7S. The van der Waals surface area contributed by atoms with E-state index in [0.29, 0.717) is 18.6 Å². The first-order valence-electron chi connectivity index (χ1n) is 12.7. The lowest BCUT2D eigenvalue weighted by atomic mass is 10.1. The molecule has 0 amide bonds. The average Bonchev–Trinajstić information content (AvgIpc) is 2.88. The van der Waals surface area contributed by atoms with Gasteiger partial charge < -0.3 is 9.47 Å². The molecule has 0 saturated heterocycles. The van der Waals surface area contributed by atoms with E-state index in [1.54, 1.807) is 6.92 Å². The van der Waals surface area contributed by atoms with Crippen LogP contribution in [0.25, 0.3) is 0 Å². The number of rotatable bonds is 19. The highest BCUT2D eigenvalue weighted by atomic mass is 32.2. The summed E-state index contributed by atoms with van der Waals surface area (Å²) in [5, 5.41) is -2.91. The van der Waals surface area contributed by atoms with Crippen molar-refractivity contribution < 1.29 is 53.7 Å². The molecule has 0 unspecified atom stereocenters. The van der Waals surface area contributed by atoms with Gasteiger partial charge in [-0.05, 0) is 19.8 Å². The van der Waals surface area contributed by atoms with Crippen molar-refractivity contribution in [3.63, 3.8) is 0 Å². The Hall–Kier alpha value is -3.03. The Balaban J connectivity index is 2.30. The summed E-state index contributed by atoms with van der Waals surface area (Å²) >= 11 is 0. The Labute approximate surface area is 230 Å². The predicted molar refractivity (Wildman–Crippen MR) is 137 cm³/mol. The first-order chi connectivity index (χ1) is 18.7. The molecule has 1 rings (SSSR count). The molecule has 8 nitrogen and oxygen atoms in total. The number of ether oxygens (including phenoxy) is 2. The Kier molecular flexibility index (Phi) is 14.8. The second-order valence-corrected chi connectivity index (χ2v) is 10.5. The molecule has 0 radical (unpaired) electrons. The fourth-order valence-corrected chi connectivity index (χ4v) is 3.78. The van der Waals surface area contributed by atoms with Crippen molar-refractivity contribution in [1.82, 2.24) is 0 Å². The van der Waals surface area contributed by atoms with Crippen LogP contribution < -0.4 is 0 Å². The molecule has 0 bridgehead atoms. The number of esters is 2. The molecule has 1 aromatic rings. The maximum absolute atomic E-state index is 14.1. The number of carbonyl (C=O) groups excluding carboxylic acids is 2. The number of nitrogens with zero attached hydrogens (tertiary/aromatic N) is 1. The van der Waals surface area contributed by atoms with E-state index < -0.39 is 51.4 Å². The Morgan fingerprint density at radius 3 is 1.70 bits per heavy atom. The number of benzene rings is 1. The molecule has 40 heavy (non-hydrogen) atoms. The average molecular weight is 600 g/mol. The Bertz CT molecular complexity index is 1090. The molecule has 0 saturated carbocycles. The van der Waals surface area contributed by atoms with Crippen LogP contribution in [0.5, 0.6) is 0 Å². The Morgan fingerprint density at radius 2 is 1.25 bits per heavy atom. The summed E-state index contributed by atoms with van der Waals surface area (Å²) < 4.78 is 104. The van der Waals surface area contributed by atoms with E-state index >= 15 is 0 Å². The largest absolute Gasteiger partial charge is 0.478 e. The third kappa shape index (κ3) is 12.4. The highest BCUT2D eigenvalue weighted by Gasteiger charge is 2.57. The van der Waals surface area contributed by atoms with Crippen LogP contribution in [0.15, 0.2) is 47.6 Å². The number of carbonyl (C=O) groups is 2. The zero-order chi connectivity index (χ0) is 30.2. The highest BCUT2D eigenvalue weighted by Crippen LogP contribution is 2.28. The van der Waals surface area contributed by atoms with E-state index in [0.717, 1.165) is 63.5 Å². The lowest BCUT2D eigenvalue weighted by Crippen LogP contribution is -2.40. The van der Waals surface area contributed by atoms with Crippen LogP contribution in [0, 0.1) is 0 Å². The standard InChI is InChI=1S/C26H34F5NO7S/c1-20(2)23(33)37-18-14-9-7-5-3-4-6-8-10-15-19-38-24(34)26(30,31)40(35,36)39-32-22(25(27,28)29)21-16-12-11-13-17-21/h11-13,16-17H,1,3-10,14-15,18-19H2,2H3/b32-22-. The number of unbranched alkanes of at least 4 members (excludes halogenated alkanes) is 9. The van der Waals surface area contributed by atoms with Crippen LogP contribution in [0.4, 0.5) is 22.0 Å². The van der Waals surface area contributed by atoms with Gasteiger partial charge in [0.25, 0.3) is 0 Å². The van der Waals surface area contributed by atoms with Crippen molar-refractivity contribution in [3.05, 3.63) is 48.0 Å². The van der Waals surface area contributed by atoms with E-state index in [2.05, 4.69) is 20.8 Å². The first-order valence-corrected chi connectivity index (χ1v) is 14.1. The molecule has 14 heteroatoms. The quantitative estimate of drug-likeness (QED) is 0.0449. The molecule has 0 fully saturated rings. The summed E-state index contributed by atoms with van der Waals surface area (Å²) in [4.78, 5) is 22.9. The molecule has 0 aliphatic heterocycles. The van der Waals surface area contributed by atoms with Gasteiger partial charge in [-0.3, -0.25) is 4.28 Å². The maximum atomic E-state index is 14.1. The van der Waals surface area contributed by atoms with Crippen LogP contribution in [-0.2, 0) is 33.5 Å². The highest BCUT2D eigenvalue weighted by molar-refractivity contribution is 7.88. The van der Waals surface area contributed by atoms with Crippen molar-refractivity contribution in [2.24, 2.45) is 5.16 Å². The SMILES string of the molecule is C=C(C)C(=O)OCCCCCCCCCCCCOC(=O)C(F)(F)S(=O)(=O)O/N=C(/c1ccccc1)C(F)(F)F. The summed E-state index contributed by atoms with van der Waals surface area (Å²) in [6.45, 7) is 4.95. The topological polar surface area (TPSA) is 108 Å². The van der Waals surface area contributed by atoms with Crippen LogP contribution in [-0.4, -0.2) is 50.7 Å². The molecular weight excluding hydrogens is 565 g/mol. The molecule has 0 aromatic heterocycles. The molecule has 226 valence electrons. The number of hydrogen-bond acceptors (Lipinski definition) is 8. The second kappa shape index (κ2) is 16.9. The number of alkyl halides is 5. The molecule has 0 N–H and O–H groups in total. The minimum absolute atomic E-state index is 0.190. The fourth-order valence-electron chi connectivity index (χ4n) is 3.25. The van der Waals surface area contributed by atoms with Gasteiger partial charge in [-0.15, -0.1) is 0 Å². The van der Waals surface area contributed by atoms with Gasteiger partial charge >= 0.3 is 33.5 Å². The van der Waals surface area contributed by atoms with Gasteiger partial charge in [0, 0.05) is 11.1 Å². The number of halogens is 5. The second-order valence-electron chi connectivity index (χ2n) is 8.94. The molecule has 0 heterocycles. The lowest BCUT2D eigenvalue weighted by molar-refractivity contribution is -0.161. The van der Waals surface area contributed by atoms with Crippen LogP contribution in [0.1, 0.15) is 76.7 Å². The van der Waals surface area contributed by atoms with Gasteiger partial charge in [0.2, 0.25) is 0 Å². The van der Waals surface area contributed by atoms with Gasteiger partial charge in [0.05, 0.1) is 13.2 Å². The summed E-state index contributed by atoms with van der Waals surface area (Å²) in [5.41, 5.74) is -2.14. The van der Waals surface area contributed by atoms with Crippen LogP contribution >= 0.6 is 0 Å². The lowest BCUT2D eigenvalue weighted by Gasteiger charge is -2.15. The van der Waals surface area contributed by atoms with E-state index in [9.17, 15) is 40.0 Å². The van der Waals surface area contributed by atoms with E-state index in [4.69, 9.17) is 4.74 Å². The number of oxime groups is 1. The van der Waals surface area contributed by atoms with Crippen LogP contribution in [0.2, 0.25) is 0 Å². The smallest absolute Gasteiger partial charge is 0.462 e. The van der Waals surface area contributed by atoms with Crippen molar-refractivity contribution in [2.45, 2.75) is 82.6 Å². The minimum Gasteiger partial charge on any atom is -0.462 e. The molecule has 0 spiro atoms. The maximum Gasteiger partial charge on any atom is 0.478 e. The van der Waals surface area contributed by atoms with Crippen molar-refractivity contribution in [1.29, 1.82) is 0 Å². The van der Waals surface area contributed by atoms with Crippen LogP contribution in [0.3, 0.4) is 0 Å². The van der Waals surface area contributed by atoms with Crippen molar-refractivity contribution in [3.8, 4) is 0 Å². The zero-order valence-electron chi connectivity index (χ0n) is 22.2. The van der Waals surface area contributed by atoms with E-state index in [1.165, 1.54) is 18.2 Å². The summed E-state index contributed by atoms with van der Waals surface area (Å²) in [6.07, 6.45) is 2.76. The Morgan fingerprint density at radius 1 is 0.800 bits per heavy atom. The molecule has 0 aliphatic carbocycles. The zero-order valence-corrected chi connectivity index (χ0v) is 23.0. The van der Waals surface area contributed by atoms with Gasteiger partial charge in [-0.1, -0.05) is 93.4 Å². The normalized spacial score (nSPS) is 12.6. The van der Waals surface area contributed by atoms with E-state index in [1.807, 2.05) is 0 Å². The predicted octanol–water partition coefficient (Wildman–Crippen LogP) is 6.46. The molecule has 0 atom stereocenters. The summed E-state index contributed by atoms with van der Waals surface area (Å²) in [5.74, 6) is -2.86. The van der Waals surface area contributed by atoms with Gasteiger partial charge in [-0.25, -0.2) is 9.59 Å². The first kappa shape index (κ1) is 35.0. The van der Waals surface area contributed by atoms with Gasteiger partial charge in [0.15, 0.2) is 5.71 Å². The molecule has 1 aromatic carbocycles. The third-order valence-corrected chi connectivity index (χ3v) is 6.51. The molecule has 0 aliphatic rings. The van der Waals surface area contributed by atoms with Crippen molar-refractivity contribution >= 4 is 27.8 Å². The monoisotopic (exact) mass is 599 g/mol. The number of hydrogen-bond donors (Lipinski definition) is 0. The fraction of sp³-hybridized carbons (Fsp3) is 0.577. The summed E-state index contributed by atoms with van der Waals surface area (Å²) in [6, 6.07) is 5.59. The van der Waals surface area contributed by atoms with E-state index in [-0.39, 0.29) is 6.42 Å². The van der Waals surface area contributed by atoms with Gasteiger partial charge in [0.1, 0.15) is 0 Å².